The number of hydrogen-bond donors (Lipinski definition) is 1. The minimum atomic E-state index is 0.445. The Morgan fingerprint density at radius 1 is 0.403 bits per heavy atom. The first kappa shape index (κ1) is 37.1. The van der Waals surface area contributed by atoms with E-state index in [0.717, 1.165) is 34.9 Å². The fourth-order valence-corrected chi connectivity index (χ4v) is 9.20. The molecule has 0 heterocycles. The Morgan fingerprint density at radius 3 is 1.65 bits per heavy atom. The first-order valence-corrected chi connectivity index (χ1v) is 21.5. The number of rotatable bonds is 9. The van der Waals surface area contributed by atoms with Gasteiger partial charge in [0, 0.05) is 39.9 Å². The molecule has 0 radical (unpaired) electrons. The minimum absolute atomic E-state index is 0.445. The van der Waals surface area contributed by atoms with E-state index in [0.29, 0.717) is 5.92 Å². The SMILES string of the molecule is C1=CCC(c2ccc(-c3ccc(N(c4ccc(Nc5ccccc5-c5cc6ccccc6c6ccc7ccccc7c56)cc4)c4ccc(-c5ccccc5)cc4)cc3)cc2)C=C1. The Bertz CT molecular complexity index is 3250. The molecule has 1 atom stereocenters. The highest BCUT2D eigenvalue weighted by Crippen LogP contribution is 2.43. The summed E-state index contributed by atoms with van der Waals surface area (Å²) in [7, 11) is 0. The molecule has 2 nitrogen and oxygen atoms in total. The van der Waals surface area contributed by atoms with Gasteiger partial charge in [-0.25, -0.2) is 0 Å². The summed E-state index contributed by atoms with van der Waals surface area (Å²) >= 11 is 0. The van der Waals surface area contributed by atoms with Gasteiger partial charge < -0.3 is 10.2 Å². The molecule has 0 aromatic heterocycles. The summed E-state index contributed by atoms with van der Waals surface area (Å²) < 4.78 is 0. The molecule has 0 fully saturated rings. The predicted octanol–water partition coefficient (Wildman–Crippen LogP) is 17.0. The van der Waals surface area contributed by atoms with Gasteiger partial charge in [0.15, 0.2) is 0 Å². The summed E-state index contributed by atoms with van der Waals surface area (Å²) in [5.74, 6) is 0.445. The zero-order valence-corrected chi connectivity index (χ0v) is 34.3. The second kappa shape index (κ2) is 16.3. The molecule has 10 aromatic carbocycles. The highest BCUT2D eigenvalue weighted by molar-refractivity contribution is 6.23. The summed E-state index contributed by atoms with van der Waals surface area (Å²) in [6.07, 6.45) is 9.88. The second-order valence-electron chi connectivity index (χ2n) is 16.1. The van der Waals surface area contributed by atoms with E-state index in [-0.39, 0.29) is 0 Å². The monoisotopic (exact) mass is 792 g/mol. The van der Waals surface area contributed by atoms with Crippen LogP contribution in [-0.2, 0) is 0 Å². The number of hydrogen-bond acceptors (Lipinski definition) is 2. The maximum absolute atomic E-state index is 3.83. The molecule has 1 aliphatic carbocycles. The molecule has 0 saturated carbocycles. The van der Waals surface area contributed by atoms with Crippen molar-refractivity contribution >= 4 is 60.8 Å². The Hall–Kier alpha value is -7.94. The van der Waals surface area contributed by atoms with Gasteiger partial charge in [0.05, 0.1) is 0 Å². The summed E-state index contributed by atoms with van der Waals surface area (Å²) in [4.78, 5) is 2.34. The second-order valence-corrected chi connectivity index (χ2v) is 16.1. The molecule has 0 spiro atoms. The van der Waals surface area contributed by atoms with Crippen molar-refractivity contribution in [2.75, 3.05) is 10.2 Å². The molecular weight excluding hydrogens is 749 g/mol. The van der Waals surface area contributed by atoms with Crippen molar-refractivity contribution in [3.63, 3.8) is 0 Å². The Balaban J connectivity index is 0.937. The van der Waals surface area contributed by atoms with Crippen molar-refractivity contribution in [2.24, 2.45) is 0 Å². The van der Waals surface area contributed by atoms with Crippen LogP contribution in [0.2, 0.25) is 0 Å². The van der Waals surface area contributed by atoms with Crippen molar-refractivity contribution in [1.82, 2.24) is 0 Å². The van der Waals surface area contributed by atoms with Crippen molar-refractivity contribution < 1.29 is 0 Å². The largest absolute Gasteiger partial charge is 0.355 e. The molecule has 1 unspecified atom stereocenters. The van der Waals surface area contributed by atoms with Crippen LogP contribution in [0.5, 0.6) is 0 Å². The summed E-state index contributed by atoms with van der Waals surface area (Å²) in [6, 6.07) is 79.4. The van der Waals surface area contributed by atoms with Gasteiger partial charge in [0.1, 0.15) is 0 Å². The van der Waals surface area contributed by atoms with Gasteiger partial charge in [-0.1, -0.05) is 182 Å². The van der Waals surface area contributed by atoms with E-state index < -0.39 is 0 Å². The molecule has 2 heteroatoms. The van der Waals surface area contributed by atoms with Crippen LogP contribution in [0.1, 0.15) is 17.9 Å². The Labute approximate surface area is 363 Å². The topological polar surface area (TPSA) is 15.3 Å². The molecule has 11 rings (SSSR count). The van der Waals surface area contributed by atoms with Crippen LogP contribution in [0, 0.1) is 0 Å². The lowest BCUT2D eigenvalue weighted by molar-refractivity contribution is 0.854. The summed E-state index contributed by atoms with van der Waals surface area (Å²) in [6.45, 7) is 0. The molecule has 0 aliphatic heterocycles. The van der Waals surface area contributed by atoms with Crippen LogP contribution >= 0.6 is 0 Å². The van der Waals surface area contributed by atoms with E-state index in [1.165, 1.54) is 71.3 Å². The van der Waals surface area contributed by atoms with E-state index in [2.05, 4.69) is 253 Å². The first-order valence-electron chi connectivity index (χ1n) is 21.5. The fraction of sp³-hybridized carbons (Fsp3) is 0.0333. The lowest BCUT2D eigenvalue weighted by atomic mass is 9.89. The molecule has 62 heavy (non-hydrogen) atoms. The van der Waals surface area contributed by atoms with Crippen LogP contribution in [0.4, 0.5) is 28.4 Å². The normalized spacial score (nSPS) is 13.5. The fourth-order valence-electron chi connectivity index (χ4n) is 9.20. The molecule has 1 aliphatic rings. The lowest BCUT2D eigenvalue weighted by Crippen LogP contribution is -2.10. The Kier molecular flexibility index (Phi) is 9.72. The number of fused-ring (bicyclic) bond motifs is 5. The minimum Gasteiger partial charge on any atom is -0.355 e. The number of para-hydroxylation sites is 1. The molecule has 0 bridgehead atoms. The number of allylic oxidation sites excluding steroid dienone is 4. The maximum Gasteiger partial charge on any atom is 0.0464 e. The van der Waals surface area contributed by atoms with Gasteiger partial charge in [-0.15, -0.1) is 0 Å². The third-order valence-corrected chi connectivity index (χ3v) is 12.4. The van der Waals surface area contributed by atoms with Gasteiger partial charge in [-0.3, -0.25) is 0 Å². The quantitative estimate of drug-likeness (QED) is 0.146. The molecule has 0 saturated heterocycles. The van der Waals surface area contributed by atoms with Gasteiger partial charge in [-0.2, -0.15) is 0 Å². The predicted molar refractivity (Wildman–Crippen MR) is 265 cm³/mol. The number of benzene rings is 10. The van der Waals surface area contributed by atoms with Crippen molar-refractivity contribution in [2.45, 2.75) is 12.3 Å². The van der Waals surface area contributed by atoms with Gasteiger partial charge in [0.25, 0.3) is 0 Å². The van der Waals surface area contributed by atoms with Crippen molar-refractivity contribution in [3.8, 4) is 33.4 Å². The van der Waals surface area contributed by atoms with E-state index in [1.54, 1.807) is 0 Å². The average Bonchev–Trinajstić information content (AvgIpc) is 3.35. The van der Waals surface area contributed by atoms with E-state index in [4.69, 9.17) is 0 Å². The van der Waals surface area contributed by atoms with Crippen molar-refractivity contribution in [3.05, 3.63) is 248 Å². The zero-order chi connectivity index (χ0) is 41.2. The van der Waals surface area contributed by atoms with E-state index in [9.17, 15) is 0 Å². The van der Waals surface area contributed by atoms with E-state index >= 15 is 0 Å². The molecule has 1 N–H and O–H groups in total. The average molecular weight is 793 g/mol. The van der Waals surface area contributed by atoms with Gasteiger partial charge in [0.2, 0.25) is 0 Å². The smallest absolute Gasteiger partial charge is 0.0464 e. The molecule has 294 valence electrons. The van der Waals surface area contributed by atoms with Crippen molar-refractivity contribution in [1.29, 1.82) is 0 Å². The number of nitrogens with one attached hydrogen (secondary N) is 1. The third kappa shape index (κ3) is 7.12. The van der Waals surface area contributed by atoms with E-state index in [1.807, 2.05) is 0 Å². The van der Waals surface area contributed by atoms with Gasteiger partial charge >= 0.3 is 0 Å². The van der Waals surface area contributed by atoms with Crippen LogP contribution < -0.4 is 10.2 Å². The maximum atomic E-state index is 3.83. The molecular formula is C60H44N2. The standard InChI is InChI=1S/C60H44N2/c1-3-13-42(14-4-1)44-23-25-45(26-24-44)47-29-36-52(37-30-47)62(51-34-27-46(28-35-51)43-15-5-2-6-16-43)53-38-32-50(33-39-53)61-59-22-12-11-21-56(59)58-41-49-18-8-9-19-54(49)57-40-31-48-17-7-10-20-55(48)60(57)58/h1-13,15-42,61H,14H2. The first-order chi connectivity index (χ1) is 30.7. The van der Waals surface area contributed by atoms with Crippen LogP contribution in [0.3, 0.4) is 0 Å². The summed E-state index contributed by atoms with van der Waals surface area (Å²) in [5.41, 5.74) is 13.9. The van der Waals surface area contributed by atoms with Crippen LogP contribution in [0.25, 0.3) is 65.7 Å². The molecule has 10 aromatic rings. The molecule has 0 amide bonds. The zero-order valence-electron chi connectivity index (χ0n) is 34.3. The highest BCUT2D eigenvalue weighted by atomic mass is 15.1. The number of nitrogens with zero attached hydrogens (tertiary/aromatic N) is 1. The lowest BCUT2D eigenvalue weighted by Gasteiger charge is -2.26. The Morgan fingerprint density at radius 2 is 0.968 bits per heavy atom. The summed E-state index contributed by atoms with van der Waals surface area (Å²) in [5, 5.41) is 11.4. The third-order valence-electron chi connectivity index (χ3n) is 12.4. The van der Waals surface area contributed by atoms with Crippen LogP contribution in [0.15, 0.2) is 243 Å². The number of anilines is 5. The van der Waals surface area contributed by atoms with Crippen LogP contribution in [-0.4, -0.2) is 0 Å². The highest BCUT2D eigenvalue weighted by Gasteiger charge is 2.17. The van der Waals surface area contributed by atoms with Gasteiger partial charge in [-0.05, 0) is 133 Å².